The van der Waals surface area contributed by atoms with Crippen molar-refractivity contribution in [1.29, 1.82) is 0 Å². The summed E-state index contributed by atoms with van der Waals surface area (Å²) in [5, 5.41) is 1.77. The minimum Gasteiger partial charge on any atom is -0.473 e. The molecule has 0 spiro atoms. The SMILES string of the molecule is O=S(=O)(c1cccs1)N1CCC(Oc2ccc(Br)cn2)C1. The van der Waals surface area contributed by atoms with E-state index in [0.717, 1.165) is 4.47 Å². The van der Waals surface area contributed by atoms with Gasteiger partial charge in [0.1, 0.15) is 10.3 Å². The highest BCUT2D eigenvalue weighted by molar-refractivity contribution is 9.10. The average molecular weight is 389 g/mol. The van der Waals surface area contributed by atoms with Crippen LogP contribution in [0.25, 0.3) is 0 Å². The molecule has 1 saturated heterocycles. The van der Waals surface area contributed by atoms with Crippen molar-refractivity contribution in [2.45, 2.75) is 16.7 Å². The van der Waals surface area contributed by atoms with E-state index in [0.29, 0.717) is 29.6 Å². The molecule has 0 amide bonds. The van der Waals surface area contributed by atoms with Gasteiger partial charge in [-0.25, -0.2) is 13.4 Å². The molecule has 3 heterocycles. The maximum Gasteiger partial charge on any atom is 0.252 e. The molecule has 1 atom stereocenters. The summed E-state index contributed by atoms with van der Waals surface area (Å²) < 4.78 is 33.3. The van der Waals surface area contributed by atoms with Crippen LogP contribution in [0.3, 0.4) is 0 Å². The van der Waals surface area contributed by atoms with Crippen LogP contribution in [-0.4, -0.2) is 36.9 Å². The van der Waals surface area contributed by atoms with Crippen LogP contribution in [-0.2, 0) is 10.0 Å². The van der Waals surface area contributed by atoms with Crippen molar-refractivity contribution in [3.8, 4) is 5.88 Å². The predicted octanol–water partition coefficient (Wildman–Crippen LogP) is 2.75. The minimum absolute atomic E-state index is 0.159. The van der Waals surface area contributed by atoms with E-state index in [1.165, 1.54) is 15.6 Å². The van der Waals surface area contributed by atoms with Gasteiger partial charge in [0, 0.05) is 23.3 Å². The van der Waals surface area contributed by atoms with Crippen LogP contribution in [0.1, 0.15) is 6.42 Å². The number of sulfonamides is 1. The lowest BCUT2D eigenvalue weighted by Gasteiger charge is -2.16. The molecule has 3 rings (SSSR count). The van der Waals surface area contributed by atoms with Gasteiger partial charge in [-0.1, -0.05) is 6.07 Å². The third kappa shape index (κ3) is 3.28. The standard InChI is InChI=1S/C13H13BrN2O3S2/c14-10-3-4-12(15-8-10)19-11-5-6-16(9-11)21(17,18)13-2-1-7-20-13/h1-4,7-8,11H,5-6,9H2. The molecule has 21 heavy (non-hydrogen) atoms. The quantitative estimate of drug-likeness (QED) is 0.807. The number of aromatic nitrogens is 1. The van der Waals surface area contributed by atoms with E-state index in [-0.39, 0.29) is 6.10 Å². The number of pyridine rings is 1. The maximum atomic E-state index is 12.4. The Kier molecular flexibility index (Phi) is 4.30. The Labute approximate surface area is 135 Å². The Morgan fingerprint density at radius 2 is 2.24 bits per heavy atom. The zero-order valence-corrected chi connectivity index (χ0v) is 14.2. The number of hydrogen-bond acceptors (Lipinski definition) is 5. The maximum absolute atomic E-state index is 12.4. The van der Waals surface area contributed by atoms with Gasteiger partial charge in [-0.05, 0) is 39.9 Å². The smallest absolute Gasteiger partial charge is 0.252 e. The fraction of sp³-hybridized carbons (Fsp3) is 0.308. The van der Waals surface area contributed by atoms with Gasteiger partial charge in [-0.3, -0.25) is 0 Å². The van der Waals surface area contributed by atoms with Gasteiger partial charge in [-0.2, -0.15) is 4.31 Å². The van der Waals surface area contributed by atoms with E-state index in [1.807, 2.05) is 6.07 Å². The van der Waals surface area contributed by atoms with Crippen LogP contribution < -0.4 is 4.74 Å². The lowest BCUT2D eigenvalue weighted by molar-refractivity contribution is 0.207. The van der Waals surface area contributed by atoms with Crippen molar-refractivity contribution in [2.24, 2.45) is 0 Å². The van der Waals surface area contributed by atoms with E-state index >= 15 is 0 Å². The highest BCUT2D eigenvalue weighted by atomic mass is 79.9. The van der Waals surface area contributed by atoms with Gasteiger partial charge >= 0.3 is 0 Å². The first-order valence-electron chi connectivity index (χ1n) is 6.37. The summed E-state index contributed by atoms with van der Waals surface area (Å²) in [7, 11) is -3.38. The number of halogens is 1. The molecule has 1 fully saturated rings. The van der Waals surface area contributed by atoms with Gasteiger partial charge in [-0.15, -0.1) is 11.3 Å². The third-order valence-electron chi connectivity index (χ3n) is 3.18. The van der Waals surface area contributed by atoms with E-state index in [1.54, 1.807) is 29.8 Å². The molecule has 0 saturated carbocycles. The highest BCUT2D eigenvalue weighted by Gasteiger charge is 2.34. The van der Waals surface area contributed by atoms with Crippen molar-refractivity contribution in [3.05, 3.63) is 40.3 Å². The third-order valence-corrected chi connectivity index (χ3v) is 6.89. The Morgan fingerprint density at radius 1 is 1.38 bits per heavy atom. The molecule has 1 aliphatic heterocycles. The monoisotopic (exact) mass is 388 g/mol. The molecular formula is C13H13BrN2O3S2. The molecule has 0 N–H and O–H groups in total. The van der Waals surface area contributed by atoms with Crippen LogP contribution in [0.5, 0.6) is 5.88 Å². The molecule has 0 aromatic carbocycles. The van der Waals surface area contributed by atoms with Crippen LogP contribution in [0.2, 0.25) is 0 Å². The number of ether oxygens (including phenoxy) is 1. The summed E-state index contributed by atoms with van der Waals surface area (Å²) in [4.78, 5) is 4.14. The summed E-state index contributed by atoms with van der Waals surface area (Å²) in [5.74, 6) is 0.513. The van der Waals surface area contributed by atoms with Crippen molar-refractivity contribution >= 4 is 37.3 Å². The molecule has 0 bridgehead atoms. The molecule has 1 aliphatic rings. The second kappa shape index (κ2) is 6.04. The molecule has 112 valence electrons. The second-order valence-electron chi connectivity index (χ2n) is 4.64. The van der Waals surface area contributed by atoms with Crippen LogP contribution in [0.15, 0.2) is 44.5 Å². The van der Waals surface area contributed by atoms with Crippen molar-refractivity contribution in [1.82, 2.24) is 9.29 Å². The fourth-order valence-electron chi connectivity index (χ4n) is 2.15. The largest absolute Gasteiger partial charge is 0.473 e. The molecule has 0 aliphatic carbocycles. The van der Waals surface area contributed by atoms with Gasteiger partial charge in [0.2, 0.25) is 5.88 Å². The predicted molar refractivity (Wildman–Crippen MR) is 84.0 cm³/mol. The van der Waals surface area contributed by atoms with Crippen LogP contribution in [0, 0.1) is 0 Å². The van der Waals surface area contributed by atoms with Gasteiger partial charge in [0.25, 0.3) is 10.0 Å². The Hall–Kier alpha value is -0.960. The summed E-state index contributed by atoms with van der Waals surface area (Å²) in [6.07, 6.45) is 2.17. The molecule has 8 heteroatoms. The molecule has 5 nitrogen and oxygen atoms in total. The van der Waals surface area contributed by atoms with Crippen molar-refractivity contribution in [2.75, 3.05) is 13.1 Å². The Bertz CT molecular complexity index is 702. The summed E-state index contributed by atoms with van der Waals surface area (Å²) in [6, 6.07) is 6.98. The normalized spacial score (nSPS) is 19.8. The van der Waals surface area contributed by atoms with Crippen LogP contribution >= 0.6 is 27.3 Å². The highest BCUT2D eigenvalue weighted by Crippen LogP contribution is 2.26. The second-order valence-corrected chi connectivity index (χ2v) is 8.67. The molecule has 0 radical (unpaired) electrons. The van der Waals surface area contributed by atoms with Gasteiger partial charge in [0.15, 0.2) is 0 Å². The fourth-order valence-corrected chi connectivity index (χ4v) is 5.02. The number of thiophene rings is 1. The first kappa shape index (κ1) is 15.0. The topological polar surface area (TPSA) is 59.5 Å². The zero-order chi connectivity index (χ0) is 14.9. The minimum atomic E-state index is -3.38. The van der Waals surface area contributed by atoms with E-state index in [9.17, 15) is 8.42 Å². The lowest BCUT2D eigenvalue weighted by atomic mass is 10.3. The number of nitrogens with zero attached hydrogens (tertiary/aromatic N) is 2. The van der Waals surface area contributed by atoms with E-state index in [2.05, 4.69) is 20.9 Å². The molecular weight excluding hydrogens is 376 g/mol. The Balaban J connectivity index is 1.67. The molecule has 1 unspecified atom stereocenters. The summed E-state index contributed by atoms with van der Waals surface area (Å²) in [5.41, 5.74) is 0. The van der Waals surface area contributed by atoms with Gasteiger partial charge < -0.3 is 4.74 Å². The number of rotatable bonds is 4. The van der Waals surface area contributed by atoms with E-state index in [4.69, 9.17) is 4.74 Å². The molecule has 2 aromatic heterocycles. The Morgan fingerprint density at radius 3 is 2.90 bits per heavy atom. The first-order chi connectivity index (χ1) is 10.1. The molecule has 2 aromatic rings. The van der Waals surface area contributed by atoms with Crippen molar-refractivity contribution < 1.29 is 13.2 Å². The first-order valence-corrected chi connectivity index (χ1v) is 9.49. The van der Waals surface area contributed by atoms with Crippen molar-refractivity contribution in [3.63, 3.8) is 0 Å². The average Bonchev–Trinajstić information content (AvgIpc) is 3.12. The summed E-state index contributed by atoms with van der Waals surface area (Å²) in [6.45, 7) is 0.833. The summed E-state index contributed by atoms with van der Waals surface area (Å²) >= 11 is 4.55. The zero-order valence-electron chi connectivity index (χ0n) is 11.0. The van der Waals surface area contributed by atoms with E-state index < -0.39 is 10.0 Å². The van der Waals surface area contributed by atoms with Crippen LogP contribution in [0.4, 0.5) is 0 Å². The lowest BCUT2D eigenvalue weighted by Crippen LogP contribution is -2.30. The number of hydrogen-bond donors (Lipinski definition) is 0. The van der Waals surface area contributed by atoms with Gasteiger partial charge in [0.05, 0.1) is 6.54 Å².